The quantitative estimate of drug-likeness (QED) is 0.313. The molecule has 0 aliphatic carbocycles. The van der Waals surface area contributed by atoms with Crippen molar-refractivity contribution in [1.82, 2.24) is 35.2 Å². The third-order valence-corrected chi connectivity index (χ3v) is 5.75. The van der Waals surface area contributed by atoms with Crippen LogP contribution in [0.25, 0.3) is 0 Å². The molecule has 2 aromatic rings. The Morgan fingerprint density at radius 1 is 0.675 bits per heavy atom. The first-order valence-corrected chi connectivity index (χ1v) is 13.3. The van der Waals surface area contributed by atoms with Gasteiger partial charge in [-0.3, -0.25) is 0 Å². The largest absolute Gasteiger partial charge is 0.381 e. The van der Waals surface area contributed by atoms with Gasteiger partial charge in [-0.05, 0) is 90.2 Å². The van der Waals surface area contributed by atoms with Gasteiger partial charge in [-0.2, -0.15) is 29.9 Å². The summed E-state index contributed by atoms with van der Waals surface area (Å²) in [6, 6.07) is 0. The van der Waals surface area contributed by atoms with Gasteiger partial charge in [-0.1, -0.05) is 7.43 Å². The van der Waals surface area contributed by atoms with Gasteiger partial charge in [0.2, 0.25) is 32.4 Å². The van der Waals surface area contributed by atoms with E-state index in [0.717, 1.165) is 19.8 Å². The van der Waals surface area contributed by atoms with Crippen molar-refractivity contribution in [2.24, 2.45) is 0 Å². The maximum absolute atomic E-state index is 13.2. The highest BCUT2D eigenvalue weighted by Crippen LogP contribution is 2.29. The lowest BCUT2D eigenvalue weighted by molar-refractivity contribution is -0.0208. The van der Waals surface area contributed by atoms with E-state index >= 15 is 0 Å². The zero-order valence-electron chi connectivity index (χ0n) is 20.3. The fourth-order valence-corrected chi connectivity index (χ4v) is 4.20. The summed E-state index contributed by atoms with van der Waals surface area (Å²) in [5.41, 5.74) is 0. The molecule has 3 aliphatic rings. The molecule has 3 fully saturated rings. The Labute approximate surface area is 261 Å². The van der Waals surface area contributed by atoms with Gasteiger partial charge in [0.05, 0.1) is 13.1 Å². The highest BCUT2D eigenvalue weighted by atomic mass is 35.5. The summed E-state index contributed by atoms with van der Waals surface area (Å²) in [6.45, 7) is 2.67. The van der Waals surface area contributed by atoms with E-state index in [1.54, 1.807) is 0 Å². The number of halogens is 10. The molecule has 3 aliphatic heterocycles. The van der Waals surface area contributed by atoms with Crippen LogP contribution in [0.5, 0.6) is 0 Å². The number of anilines is 1. The smallest absolute Gasteiger partial charge is 0.265 e. The van der Waals surface area contributed by atoms with Gasteiger partial charge in [0.15, 0.2) is 0 Å². The van der Waals surface area contributed by atoms with Gasteiger partial charge >= 0.3 is 0 Å². The number of nitrogens with one attached hydrogen (secondary N) is 1. The highest BCUT2D eigenvalue weighted by molar-refractivity contribution is 6.33. The lowest BCUT2D eigenvalue weighted by Gasteiger charge is -2.32. The molecule has 0 bridgehead atoms. The maximum atomic E-state index is 13.2. The average molecular weight is 699 g/mol. The molecule has 0 amide bonds. The third kappa shape index (κ3) is 16.6. The van der Waals surface area contributed by atoms with Crippen molar-refractivity contribution >= 4 is 76.4 Å². The van der Waals surface area contributed by atoms with Crippen LogP contribution in [0, 0.1) is 0 Å². The summed E-state index contributed by atoms with van der Waals surface area (Å²) in [4.78, 5) is 22.8. The van der Waals surface area contributed by atoms with Crippen molar-refractivity contribution in [3.05, 3.63) is 26.4 Å². The minimum Gasteiger partial charge on any atom is -0.381 e. The number of hydrogen-bond acceptors (Lipinski definition) is 9. The van der Waals surface area contributed by atoms with Crippen LogP contribution in [0.1, 0.15) is 46.0 Å². The first-order chi connectivity index (χ1) is 17.8. The molecule has 0 saturated carbocycles. The molecule has 0 aromatic carbocycles. The minimum absolute atomic E-state index is 0. The lowest BCUT2D eigenvalue weighted by atomic mass is 10.1. The van der Waals surface area contributed by atoms with E-state index in [1.807, 2.05) is 0 Å². The van der Waals surface area contributed by atoms with Crippen LogP contribution in [-0.4, -0.2) is 81.1 Å². The van der Waals surface area contributed by atoms with Crippen LogP contribution in [0.15, 0.2) is 0 Å². The van der Waals surface area contributed by atoms with Gasteiger partial charge < -0.3 is 15.0 Å². The Hall–Kier alpha value is -0.800. The van der Waals surface area contributed by atoms with Gasteiger partial charge in [0, 0.05) is 32.6 Å². The third-order valence-electron chi connectivity index (χ3n) is 4.91. The summed E-state index contributed by atoms with van der Waals surface area (Å²) in [5.74, 6) is -5.05. The normalized spacial score (nSPS) is 18.7. The number of piperidine rings is 2. The van der Waals surface area contributed by atoms with Crippen molar-refractivity contribution in [3.8, 4) is 0 Å². The standard InChI is InChI=1S/C8H8Cl2F2N4.C5H9F2N.C4H8O.C3Cl3N3.CH4.ClH/c9-5-13-6(10)15-7(14-5)16-3-1-2-8(11,12)4-16;6-5(7)2-1-3-8-4-5;1-2-4-5-3-1;4-1-7-2(5)9-3(6)8-1;;/h1-4H2;8H,1-4H2;1-4H2;;1H4;1H. The molecular formula is C21H30Cl6F4N8O. The van der Waals surface area contributed by atoms with Gasteiger partial charge in [0.25, 0.3) is 11.8 Å². The van der Waals surface area contributed by atoms with Crippen LogP contribution < -0.4 is 10.2 Å². The second-order valence-corrected chi connectivity index (χ2v) is 9.84. The van der Waals surface area contributed by atoms with E-state index in [9.17, 15) is 17.6 Å². The molecule has 5 heterocycles. The van der Waals surface area contributed by atoms with E-state index in [4.69, 9.17) is 62.7 Å². The van der Waals surface area contributed by atoms with Gasteiger partial charge in [0.1, 0.15) is 0 Å². The van der Waals surface area contributed by atoms with Crippen molar-refractivity contribution < 1.29 is 22.3 Å². The minimum atomic E-state index is -2.72. The van der Waals surface area contributed by atoms with Crippen molar-refractivity contribution in [3.63, 3.8) is 0 Å². The van der Waals surface area contributed by atoms with Crippen molar-refractivity contribution in [1.29, 1.82) is 0 Å². The molecule has 3 saturated heterocycles. The summed E-state index contributed by atoms with van der Waals surface area (Å²) in [7, 11) is 0. The Morgan fingerprint density at radius 2 is 1.12 bits per heavy atom. The second kappa shape index (κ2) is 19.4. The van der Waals surface area contributed by atoms with E-state index < -0.39 is 18.4 Å². The van der Waals surface area contributed by atoms with Gasteiger partial charge in [-0.25, -0.2) is 17.6 Å². The van der Waals surface area contributed by atoms with Crippen LogP contribution in [0.2, 0.25) is 26.4 Å². The second-order valence-electron chi connectivity index (χ2n) is 8.15. The SMILES string of the molecule is C.C1CCOC1.Cl.Clc1nc(Cl)nc(Cl)n1.FC1(F)CCCN(c2nc(Cl)nc(Cl)n2)C1.FC1(F)CCCNC1. The summed E-state index contributed by atoms with van der Waals surface area (Å²) in [5, 5.41) is 2.44. The Bertz CT molecular complexity index is 927. The van der Waals surface area contributed by atoms with E-state index in [-0.39, 0.29) is 71.6 Å². The molecule has 9 nitrogen and oxygen atoms in total. The van der Waals surface area contributed by atoms with Crippen LogP contribution in [0.4, 0.5) is 23.5 Å². The number of rotatable bonds is 1. The van der Waals surface area contributed by atoms with Gasteiger partial charge in [-0.15, -0.1) is 12.4 Å². The number of alkyl halides is 4. The summed E-state index contributed by atoms with van der Waals surface area (Å²) in [6.07, 6.45) is 3.48. The van der Waals surface area contributed by atoms with Crippen LogP contribution in [-0.2, 0) is 4.74 Å². The summed E-state index contributed by atoms with van der Waals surface area (Å²) >= 11 is 27.1. The molecule has 0 spiro atoms. The molecule has 5 rings (SSSR count). The number of hydrogen-bond donors (Lipinski definition) is 1. The molecular weight excluding hydrogens is 669 g/mol. The van der Waals surface area contributed by atoms with Crippen molar-refractivity contribution in [2.45, 2.75) is 57.8 Å². The maximum Gasteiger partial charge on any atom is 0.265 e. The molecule has 0 atom stereocenters. The van der Waals surface area contributed by atoms with Crippen LogP contribution >= 0.6 is 70.4 Å². The fraction of sp³-hybridized carbons (Fsp3) is 0.714. The molecule has 0 unspecified atom stereocenters. The van der Waals surface area contributed by atoms with Crippen LogP contribution in [0.3, 0.4) is 0 Å². The lowest BCUT2D eigenvalue weighted by Crippen LogP contribution is -2.43. The molecule has 40 heavy (non-hydrogen) atoms. The predicted octanol–water partition coefficient (Wildman–Crippen LogP) is 7.11. The monoisotopic (exact) mass is 696 g/mol. The first kappa shape index (κ1) is 39.2. The number of ether oxygens (including phenoxy) is 1. The highest BCUT2D eigenvalue weighted by Gasteiger charge is 2.36. The van der Waals surface area contributed by atoms with E-state index in [0.29, 0.717) is 19.4 Å². The zero-order chi connectivity index (χ0) is 28.2. The molecule has 0 radical (unpaired) electrons. The van der Waals surface area contributed by atoms with E-state index in [1.165, 1.54) is 17.7 Å². The molecule has 2 aromatic heterocycles. The molecule has 230 valence electrons. The first-order valence-electron chi connectivity index (χ1n) is 11.4. The molecule has 19 heteroatoms. The predicted molar refractivity (Wildman–Crippen MR) is 152 cm³/mol. The Kier molecular flexibility index (Phi) is 19.0. The zero-order valence-corrected chi connectivity index (χ0v) is 24.9. The fourth-order valence-electron chi connectivity index (χ4n) is 3.24. The van der Waals surface area contributed by atoms with E-state index in [2.05, 4.69) is 35.2 Å². The Balaban J connectivity index is 0.000000543. The average Bonchev–Trinajstić information content (AvgIpc) is 3.38. The van der Waals surface area contributed by atoms with Crippen molar-refractivity contribution in [2.75, 3.05) is 44.3 Å². The Morgan fingerprint density at radius 3 is 1.45 bits per heavy atom. The topological polar surface area (TPSA) is 102 Å². The summed E-state index contributed by atoms with van der Waals surface area (Å²) < 4.78 is 55.6. The number of aromatic nitrogens is 6. The molecule has 1 N–H and O–H groups in total. The number of nitrogens with zero attached hydrogens (tertiary/aromatic N) is 7.